The van der Waals surface area contributed by atoms with Crippen molar-refractivity contribution >= 4 is 0 Å². The molecule has 2 unspecified atom stereocenters. The monoisotopic (exact) mass is 580 g/mol. The van der Waals surface area contributed by atoms with Crippen LogP contribution in [0.4, 0.5) is 35.1 Å². The van der Waals surface area contributed by atoms with Crippen molar-refractivity contribution < 1.29 is 69.0 Å². The van der Waals surface area contributed by atoms with Crippen LogP contribution >= 0.6 is 0 Å². The van der Waals surface area contributed by atoms with Gasteiger partial charge in [0.25, 0.3) is 0 Å². The fourth-order valence-corrected chi connectivity index (χ4v) is 2.39. The second-order valence-electron chi connectivity index (χ2n) is 6.77. The molecule has 39 heavy (non-hydrogen) atoms. The molecule has 0 amide bonds. The van der Waals surface area contributed by atoms with Crippen LogP contribution in [0.5, 0.6) is 23.0 Å². The van der Waals surface area contributed by atoms with E-state index in [1.165, 1.54) is 20.1 Å². The van der Waals surface area contributed by atoms with Crippen LogP contribution in [0.1, 0.15) is 34.6 Å². The summed E-state index contributed by atoms with van der Waals surface area (Å²) in [5.74, 6) is -20.9. The summed E-state index contributed by atoms with van der Waals surface area (Å²) in [7, 11) is 0. The maximum Gasteiger partial charge on any atom is 0.207 e. The van der Waals surface area contributed by atoms with E-state index < -0.39 is 82.1 Å². The minimum absolute atomic E-state index is 0.197. The fourth-order valence-electron chi connectivity index (χ4n) is 2.39. The molecule has 7 nitrogen and oxygen atoms in total. The van der Waals surface area contributed by atoms with Gasteiger partial charge in [-0.3, -0.25) is 0 Å². The zero-order chi connectivity index (χ0) is 30.4. The lowest BCUT2D eigenvalue weighted by molar-refractivity contribution is -0.0702. The number of hydrogen-bond acceptors (Lipinski definition) is 7. The lowest BCUT2D eigenvalue weighted by Gasteiger charge is -2.19. The van der Waals surface area contributed by atoms with Gasteiger partial charge in [0.15, 0.2) is 24.1 Å². The van der Waals surface area contributed by atoms with E-state index in [1.54, 1.807) is 13.8 Å². The van der Waals surface area contributed by atoms with Gasteiger partial charge >= 0.3 is 0 Å². The molecule has 0 aliphatic rings. The van der Waals surface area contributed by atoms with E-state index >= 15 is 0 Å². The average molecular weight is 580 g/mol. The zero-order valence-corrected chi connectivity index (χ0v) is 21.5. The van der Waals surface area contributed by atoms with E-state index in [-0.39, 0.29) is 13.2 Å². The summed E-state index contributed by atoms with van der Waals surface area (Å²) < 4.78 is 128. The van der Waals surface area contributed by atoms with Gasteiger partial charge < -0.3 is 33.9 Å². The van der Waals surface area contributed by atoms with Gasteiger partial charge in [-0.25, -0.2) is 0 Å². The van der Waals surface area contributed by atoms with E-state index in [0.29, 0.717) is 0 Å². The Balaban J connectivity index is 0.000000705. The Morgan fingerprint density at radius 1 is 0.590 bits per heavy atom. The molecule has 0 spiro atoms. The highest BCUT2D eigenvalue weighted by Gasteiger charge is 2.30. The molecule has 0 fully saturated rings. The topological polar surface area (TPSA) is 86.6 Å². The van der Waals surface area contributed by atoms with Gasteiger partial charge in [-0.05, 0) is 34.6 Å². The quantitative estimate of drug-likeness (QED) is 0.108. The molecule has 2 aromatic carbocycles. The van der Waals surface area contributed by atoms with Gasteiger partial charge in [0, 0.05) is 13.2 Å². The van der Waals surface area contributed by atoms with E-state index in [2.05, 4.69) is 11.3 Å². The summed E-state index contributed by atoms with van der Waals surface area (Å²) in [6, 6.07) is 0. The number of phenols is 2. The van der Waals surface area contributed by atoms with Crippen LogP contribution in [0.3, 0.4) is 0 Å². The van der Waals surface area contributed by atoms with Gasteiger partial charge in [-0.15, -0.1) is 0 Å². The molecule has 2 atom stereocenters. The van der Waals surface area contributed by atoms with Crippen LogP contribution in [0.2, 0.25) is 0 Å². The molecular formula is C24H28F8O7. The number of phenolic OH excluding ortho intramolecular Hbond substituents is 2. The minimum Gasteiger partial charge on any atom is -0.503 e. The normalized spacial score (nSPS) is 11.8. The van der Waals surface area contributed by atoms with Crippen molar-refractivity contribution in [2.24, 2.45) is 0 Å². The Kier molecular flexibility index (Phi) is 15.7. The van der Waals surface area contributed by atoms with E-state index in [0.717, 1.165) is 6.61 Å². The lowest BCUT2D eigenvalue weighted by atomic mass is 10.2. The average Bonchev–Trinajstić information content (AvgIpc) is 2.90. The van der Waals surface area contributed by atoms with Crippen molar-refractivity contribution in [1.82, 2.24) is 0 Å². The maximum atomic E-state index is 13.9. The molecule has 0 aliphatic heterocycles. The molecule has 15 heteroatoms. The van der Waals surface area contributed by atoms with Crippen LogP contribution in [0.15, 0.2) is 12.8 Å². The fraction of sp³-hybridized carbons (Fsp3) is 0.417. The van der Waals surface area contributed by atoms with Crippen molar-refractivity contribution in [3.63, 3.8) is 0 Å². The smallest absolute Gasteiger partial charge is 0.207 e. The van der Waals surface area contributed by atoms with E-state index in [9.17, 15) is 35.1 Å². The second-order valence-corrected chi connectivity index (χ2v) is 6.77. The summed E-state index contributed by atoms with van der Waals surface area (Å²) in [6.45, 7) is 12.3. The summed E-state index contributed by atoms with van der Waals surface area (Å²) >= 11 is 0. The second kappa shape index (κ2) is 17.2. The van der Waals surface area contributed by atoms with Crippen LogP contribution in [-0.4, -0.2) is 42.6 Å². The first-order valence-electron chi connectivity index (χ1n) is 11.1. The molecular weight excluding hydrogens is 552 g/mol. The highest BCUT2D eigenvalue weighted by atomic mass is 19.2. The Labute approximate surface area is 219 Å². The molecule has 0 bridgehead atoms. The summed E-state index contributed by atoms with van der Waals surface area (Å²) in [5.41, 5.74) is 0. The summed E-state index contributed by atoms with van der Waals surface area (Å²) in [6.07, 6.45) is -0.733. The Morgan fingerprint density at radius 2 is 0.872 bits per heavy atom. The third-order valence-electron chi connectivity index (χ3n) is 4.05. The number of hydrogen-bond donors (Lipinski definition) is 2. The van der Waals surface area contributed by atoms with Crippen LogP contribution in [-0.2, 0) is 14.2 Å². The number of ether oxygens (including phenoxy) is 5. The molecule has 0 aliphatic carbocycles. The summed E-state index contributed by atoms with van der Waals surface area (Å²) in [5, 5.41) is 16.7. The van der Waals surface area contributed by atoms with Gasteiger partial charge in [-0.2, -0.15) is 35.1 Å². The molecule has 0 saturated heterocycles. The first-order chi connectivity index (χ1) is 18.2. The van der Waals surface area contributed by atoms with E-state index in [4.69, 9.17) is 29.2 Å². The molecule has 2 rings (SSSR count). The minimum atomic E-state index is -2.02. The lowest BCUT2D eigenvalue weighted by Crippen LogP contribution is -2.21. The predicted molar refractivity (Wildman–Crippen MR) is 121 cm³/mol. The summed E-state index contributed by atoms with van der Waals surface area (Å²) in [4.78, 5) is 0. The Hall–Kier alpha value is -3.46. The van der Waals surface area contributed by atoms with Crippen molar-refractivity contribution in [2.45, 2.75) is 47.2 Å². The first-order valence-corrected chi connectivity index (χ1v) is 11.1. The van der Waals surface area contributed by atoms with Crippen LogP contribution in [0, 0.1) is 46.5 Å². The number of aromatic hydroxyl groups is 2. The largest absolute Gasteiger partial charge is 0.503 e. The zero-order valence-electron chi connectivity index (χ0n) is 21.5. The van der Waals surface area contributed by atoms with Crippen LogP contribution in [0.25, 0.3) is 0 Å². The third-order valence-corrected chi connectivity index (χ3v) is 4.05. The number of rotatable bonds is 10. The number of halogens is 8. The van der Waals surface area contributed by atoms with E-state index in [1.807, 2.05) is 6.92 Å². The number of benzene rings is 2. The third kappa shape index (κ3) is 9.98. The standard InChI is InChI=1S/C14H18F4O4.C6H2F4O2.C4H8O/c1-5-19-7(3)21-13-9(15)11(17)14(12(18)10(13)16)22-8(4)20-6-2;7-1-2(8)6(12)4(10)3(9)5(1)11;1-3-5-4-2/h7-8H,5-6H2,1-4H3;11-12H;3H,1,4H2,2H3. The Bertz CT molecular complexity index is 906. The maximum absolute atomic E-state index is 13.9. The molecule has 222 valence electrons. The predicted octanol–water partition coefficient (Wildman–Crippen LogP) is 6.59. The van der Waals surface area contributed by atoms with Crippen molar-refractivity contribution in [2.75, 3.05) is 19.8 Å². The van der Waals surface area contributed by atoms with Crippen molar-refractivity contribution in [3.8, 4) is 23.0 Å². The SMILES string of the molecule is C=COCC.CCOC(C)Oc1c(F)c(F)c(OC(C)OCC)c(F)c1F.Oc1c(F)c(F)c(O)c(F)c1F. The molecule has 0 aromatic heterocycles. The van der Waals surface area contributed by atoms with Gasteiger partial charge in [0.1, 0.15) is 0 Å². The van der Waals surface area contributed by atoms with Gasteiger partial charge in [-0.1, -0.05) is 6.58 Å². The first kappa shape index (κ1) is 35.5. The van der Waals surface area contributed by atoms with Crippen molar-refractivity contribution in [3.05, 3.63) is 59.4 Å². The molecule has 2 aromatic rings. The molecule has 2 N–H and O–H groups in total. The highest BCUT2D eigenvalue weighted by molar-refractivity contribution is 5.38. The molecule has 0 saturated carbocycles. The van der Waals surface area contributed by atoms with Gasteiger partial charge in [0.05, 0.1) is 12.9 Å². The van der Waals surface area contributed by atoms with Crippen molar-refractivity contribution in [1.29, 1.82) is 0 Å². The van der Waals surface area contributed by atoms with Gasteiger partial charge in [0.2, 0.25) is 58.0 Å². The highest BCUT2D eigenvalue weighted by Crippen LogP contribution is 2.36. The van der Waals surface area contributed by atoms with Crippen LogP contribution < -0.4 is 9.47 Å². The Morgan fingerprint density at radius 3 is 1.05 bits per heavy atom. The molecule has 0 radical (unpaired) electrons. The molecule has 0 heterocycles.